The molecule has 0 saturated carbocycles. The first-order valence-corrected chi connectivity index (χ1v) is 6.49. The van der Waals surface area contributed by atoms with E-state index in [9.17, 15) is 0 Å². The van der Waals surface area contributed by atoms with Gasteiger partial charge in [-0.1, -0.05) is 31.1 Å². The minimum absolute atomic E-state index is 0.529. The fraction of sp³-hybridized carbons (Fsp3) is 0.333. The molecule has 1 heterocycles. The van der Waals surface area contributed by atoms with Crippen molar-refractivity contribution in [1.82, 2.24) is 10.1 Å². The molecule has 0 atom stereocenters. The van der Waals surface area contributed by atoms with Crippen molar-refractivity contribution in [3.63, 3.8) is 0 Å². The topological polar surface area (TPSA) is 64.9 Å². The van der Waals surface area contributed by atoms with Crippen LogP contribution in [-0.2, 0) is 6.42 Å². The maximum absolute atomic E-state index is 5.71. The summed E-state index contributed by atoms with van der Waals surface area (Å²) in [5.41, 5.74) is 7.47. The van der Waals surface area contributed by atoms with Crippen LogP contribution in [0, 0.1) is 5.92 Å². The zero-order chi connectivity index (χ0) is 13.7. The Morgan fingerprint density at radius 2 is 2.16 bits per heavy atom. The number of anilines is 1. The highest BCUT2D eigenvalue weighted by Gasteiger charge is 2.04. The number of hydrogen-bond donors (Lipinski definition) is 1. The first-order valence-electron chi connectivity index (χ1n) is 6.49. The second-order valence-corrected chi connectivity index (χ2v) is 4.98. The Morgan fingerprint density at radius 3 is 2.89 bits per heavy atom. The van der Waals surface area contributed by atoms with Gasteiger partial charge in [-0.15, -0.1) is 0 Å². The largest absolute Gasteiger partial charge is 0.399 e. The van der Waals surface area contributed by atoms with Gasteiger partial charge in [-0.2, -0.15) is 4.98 Å². The van der Waals surface area contributed by atoms with E-state index in [4.69, 9.17) is 10.3 Å². The van der Waals surface area contributed by atoms with Crippen molar-refractivity contribution in [3.8, 4) is 0 Å². The molecule has 19 heavy (non-hydrogen) atoms. The SMILES string of the molecule is CC(C)CCc1noc(/C=C/c2cccc(N)c2)n1. The summed E-state index contributed by atoms with van der Waals surface area (Å²) in [5, 5.41) is 3.96. The van der Waals surface area contributed by atoms with Crippen molar-refractivity contribution in [2.24, 2.45) is 5.92 Å². The normalized spacial score (nSPS) is 11.5. The van der Waals surface area contributed by atoms with Crippen LogP contribution in [0.15, 0.2) is 28.8 Å². The third-order valence-electron chi connectivity index (χ3n) is 2.76. The summed E-state index contributed by atoms with van der Waals surface area (Å²) < 4.78 is 5.17. The Bertz CT molecular complexity index is 558. The minimum atomic E-state index is 0.529. The van der Waals surface area contributed by atoms with Crippen LogP contribution < -0.4 is 5.73 Å². The number of nitrogens with zero attached hydrogens (tertiary/aromatic N) is 2. The molecule has 0 aliphatic heterocycles. The van der Waals surface area contributed by atoms with E-state index < -0.39 is 0 Å². The third-order valence-corrected chi connectivity index (χ3v) is 2.76. The second-order valence-electron chi connectivity index (χ2n) is 4.98. The van der Waals surface area contributed by atoms with Crippen molar-refractivity contribution in [3.05, 3.63) is 41.5 Å². The smallest absolute Gasteiger partial charge is 0.250 e. The van der Waals surface area contributed by atoms with Gasteiger partial charge >= 0.3 is 0 Å². The van der Waals surface area contributed by atoms with Crippen molar-refractivity contribution in [1.29, 1.82) is 0 Å². The lowest BCUT2D eigenvalue weighted by Crippen LogP contribution is -1.93. The Hall–Kier alpha value is -2.10. The first kappa shape index (κ1) is 13.3. The van der Waals surface area contributed by atoms with E-state index in [0.717, 1.165) is 29.9 Å². The fourth-order valence-corrected chi connectivity index (χ4v) is 1.68. The highest BCUT2D eigenvalue weighted by molar-refractivity contribution is 5.67. The van der Waals surface area contributed by atoms with Crippen LogP contribution in [0.2, 0.25) is 0 Å². The average molecular weight is 257 g/mol. The molecule has 0 unspecified atom stereocenters. The lowest BCUT2D eigenvalue weighted by atomic mass is 10.1. The van der Waals surface area contributed by atoms with E-state index in [1.54, 1.807) is 6.08 Å². The van der Waals surface area contributed by atoms with E-state index in [0.29, 0.717) is 11.8 Å². The first-order chi connectivity index (χ1) is 9.13. The summed E-state index contributed by atoms with van der Waals surface area (Å²) in [5.74, 6) is 1.94. The highest BCUT2D eigenvalue weighted by Crippen LogP contribution is 2.11. The zero-order valence-electron chi connectivity index (χ0n) is 11.3. The summed E-state index contributed by atoms with van der Waals surface area (Å²) in [7, 11) is 0. The quantitative estimate of drug-likeness (QED) is 0.834. The Kier molecular flexibility index (Phi) is 4.34. The van der Waals surface area contributed by atoms with Crippen molar-refractivity contribution in [2.45, 2.75) is 26.7 Å². The summed E-state index contributed by atoms with van der Waals surface area (Å²) >= 11 is 0. The van der Waals surface area contributed by atoms with Gasteiger partial charge in [0.2, 0.25) is 0 Å². The third kappa shape index (κ3) is 4.25. The number of nitrogens with two attached hydrogens (primary N) is 1. The van der Waals surface area contributed by atoms with Gasteiger partial charge in [0.15, 0.2) is 5.82 Å². The molecule has 4 heteroatoms. The molecule has 0 amide bonds. The van der Waals surface area contributed by atoms with Gasteiger partial charge in [0, 0.05) is 18.2 Å². The summed E-state index contributed by atoms with van der Waals surface area (Å²) in [6, 6.07) is 7.64. The van der Waals surface area contributed by atoms with E-state index in [1.807, 2.05) is 30.3 Å². The molecule has 0 radical (unpaired) electrons. The predicted molar refractivity (Wildman–Crippen MR) is 77.2 cm³/mol. The Morgan fingerprint density at radius 1 is 1.32 bits per heavy atom. The number of nitrogen functional groups attached to an aromatic ring is 1. The summed E-state index contributed by atoms with van der Waals surface area (Å²) in [4.78, 5) is 4.32. The molecule has 2 rings (SSSR count). The number of aryl methyl sites for hydroxylation is 1. The fourth-order valence-electron chi connectivity index (χ4n) is 1.68. The summed E-state index contributed by atoms with van der Waals surface area (Å²) in [6.07, 6.45) is 5.64. The average Bonchev–Trinajstić information content (AvgIpc) is 2.82. The van der Waals surface area contributed by atoms with Gasteiger partial charge in [0.05, 0.1) is 0 Å². The Balaban J connectivity index is 1.99. The molecule has 2 aromatic rings. The lowest BCUT2D eigenvalue weighted by molar-refractivity contribution is 0.400. The van der Waals surface area contributed by atoms with E-state index in [-0.39, 0.29) is 0 Å². The highest BCUT2D eigenvalue weighted by atomic mass is 16.5. The van der Waals surface area contributed by atoms with Crippen LogP contribution in [0.3, 0.4) is 0 Å². The maximum atomic E-state index is 5.71. The predicted octanol–water partition coefficient (Wildman–Crippen LogP) is 3.41. The standard InChI is InChI=1S/C15H19N3O/c1-11(2)6-8-14-17-15(19-18-14)9-7-12-4-3-5-13(16)10-12/h3-5,7,9-11H,6,8,16H2,1-2H3/b9-7+. The number of rotatable bonds is 5. The van der Waals surface area contributed by atoms with Gasteiger partial charge in [0.25, 0.3) is 5.89 Å². The van der Waals surface area contributed by atoms with Gasteiger partial charge in [-0.05, 0) is 36.1 Å². The van der Waals surface area contributed by atoms with Gasteiger partial charge < -0.3 is 10.3 Å². The van der Waals surface area contributed by atoms with E-state index in [1.165, 1.54) is 0 Å². The monoisotopic (exact) mass is 257 g/mol. The van der Waals surface area contributed by atoms with Gasteiger partial charge in [0.1, 0.15) is 0 Å². The van der Waals surface area contributed by atoms with Crippen molar-refractivity contribution >= 4 is 17.8 Å². The minimum Gasteiger partial charge on any atom is -0.399 e. The molecule has 1 aromatic heterocycles. The molecule has 2 N–H and O–H groups in total. The molecule has 0 spiro atoms. The maximum Gasteiger partial charge on any atom is 0.250 e. The number of benzene rings is 1. The molecule has 0 aliphatic carbocycles. The molecular formula is C15H19N3O. The molecule has 100 valence electrons. The summed E-state index contributed by atoms with van der Waals surface area (Å²) in [6.45, 7) is 4.36. The molecule has 0 aliphatic rings. The Labute approximate surface area is 113 Å². The van der Waals surface area contributed by atoms with Crippen LogP contribution in [0.1, 0.15) is 37.5 Å². The van der Waals surface area contributed by atoms with E-state index in [2.05, 4.69) is 24.0 Å². The molecular weight excluding hydrogens is 238 g/mol. The van der Waals surface area contributed by atoms with Crippen LogP contribution in [0.25, 0.3) is 12.2 Å². The number of hydrogen-bond acceptors (Lipinski definition) is 4. The lowest BCUT2D eigenvalue weighted by Gasteiger charge is -1.98. The molecule has 0 bridgehead atoms. The zero-order valence-corrected chi connectivity index (χ0v) is 11.3. The molecule has 1 aromatic carbocycles. The van der Waals surface area contributed by atoms with Crippen LogP contribution in [0.5, 0.6) is 0 Å². The number of aromatic nitrogens is 2. The van der Waals surface area contributed by atoms with E-state index >= 15 is 0 Å². The van der Waals surface area contributed by atoms with Crippen LogP contribution in [-0.4, -0.2) is 10.1 Å². The molecule has 0 saturated heterocycles. The molecule has 4 nitrogen and oxygen atoms in total. The molecule has 0 fully saturated rings. The second kappa shape index (κ2) is 6.18. The van der Waals surface area contributed by atoms with Crippen molar-refractivity contribution < 1.29 is 4.52 Å². The van der Waals surface area contributed by atoms with Crippen molar-refractivity contribution in [2.75, 3.05) is 5.73 Å². The van der Waals surface area contributed by atoms with Gasteiger partial charge in [-0.3, -0.25) is 0 Å². The van der Waals surface area contributed by atoms with Gasteiger partial charge in [-0.25, -0.2) is 0 Å². The van der Waals surface area contributed by atoms with Crippen LogP contribution >= 0.6 is 0 Å². The van der Waals surface area contributed by atoms with Crippen LogP contribution in [0.4, 0.5) is 5.69 Å².